The molecule has 1 aromatic carbocycles. The molecule has 15 heavy (non-hydrogen) atoms. The van der Waals surface area contributed by atoms with Crippen molar-refractivity contribution in [2.24, 2.45) is 0 Å². The van der Waals surface area contributed by atoms with E-state index in [2.05, 4.69) is 31.9 Å². The van der Waals surface area contributed by atoms with Crippen molar-refractivity contribution < 1.29 is 9.52 Å². The molecule has 0 saturated carbocycles. The lowest BCUT2D eigenvalue weighted by Gasteiger charge is -2.08. The number of aliphatic hydroxyl groups excluding tert-OH is 1. The molecule has 0 spiro atoms. The van der Waals surface area contributed by atoms with E-state index in [1.54, 1.807) is 18.4 Å². The van der Waals surface area contributed by atoms with Gasteiger partial charge in [0.1, 0.15) is 11.9 Å². The van der Waals surface area contributed by atoms with Crippen LogP contribution in [0.1, 0.15) is 17.4 Å². The van der Waals surface area contributed by atoms with Crippen molar-refractivity contribution in [3.05, 3.63) is 56.9 Å². The number of aliphatic hydroxyl groups is 1. The highest BCUT2D eigenvalue weighted by Crippen LogP contribution is 2.29. The predicted molar refractivity (Wildman–Crippen MR) is 64.6 cm³/mol. The molecule has 1 unspecified atom stereocenters. The third-order valence-electron chi connectivity index (χ3n) is 2.07. The zero-order valence-electron chi connectivity index (χ0n) is 7.65. The number of benzene rings is 1. The van der Waals surface area contributed by atoms with Crippen molar-refractivity contribution in [2.75, 3.05) is 0 Å². The highest BCUT2D eigenvalue weighted by atomic mass is 79.9. The Morgan fingerprint density at radius 1 is 1.13 bits per heavy atom. The maximum Gasteiger partial charge on any atom is 0.137 e. The number of halogens is 2. The van der Waals surface area contributed by atoms with Crippen LogP contribution in [0.2, 0.25) is 0 Å². The largest absolute Gasteiger partial charge is 0.466 e. The summed E-state index contributed by atoms with van der Waals surface area (Å²) in [6.45, 7) is 0. The molecule has 1 atom stereocenters. The van der Waals surface area contributed by atoms with Crippen LogP contribution in [-0.4, -0.2) is 5.11 Å². The molecule has 78 valence electrons. The molecule has 1 N–H and O–H groups in total. The Bertz CT molecular complexity index is 452. The van der Waals surface area contributed by atoms with Crippen LogP contribution in [0.5, 0.6) is 0 Å². The molecule has 2 nitrogen and oxygen atoms in total. The van der Waals surface area contributed by atoms with Crippen molar-refractivity contribution in [3.8, 4) is 0 Å². The van der Waals surface area contributed by atoms with Gasteiger partial charge in [0.2, 0.25) is 0 Å². The van der Waals surface area contributed by atoms with Gasteiger partial charge >= 0.3 is 0 Å². The SMILES string of the molecule is OC(c1ccc(Br)c(Br)c1)c1ccco1. The molecule has 0 fully saturated rings. The van der Waals surface area contributed by atoms with E-state index < -0.39 is 6.10 Å². The number of furan rings is 1. The van der Waals surface area contributed by atoms with E-state index in [1.165, 1.54) is 0 Å². The number of hydrogen-bond acceptors (Lipinski definition) is 2. The van der Waals surface area contributed by atoms with Gasteiger partial charge < -0.3 is 9.52 Å². The quantitative estimate of drug-likeness (QED) is 0.905. The molecule has 2 rings (SSSR count). The lowest BCUT2D eigenvalue weighted by molar-refractivity contribution is 0.189. The Hall–Kier alpha value is -0.580. The van der Waals surface area contributed by atoms with Crippen LogP contribution in [-0.2, 0) is 0 Å². The van der Waals surface area contributed by atoms with E-state index in [0.29, 0.717) is 5.76 Å². The summed E-state index contributed by atoms with van der Waals surface area (Å²) in [5.74, 6) is 0.546. The fourth-order valence-corrected chi connectivity index (χ4v) is 1.94. The van der Waals surface area contributed by atoms with Gasteiger partial charge in [0.05, 0.1) is 6.26 Å². The minimum atomic E-state index is -0.718. The van der Waals surface area contributed by atoms with Crippen molar-refractivity contribution >= 4 is 31.9 Å². The second kappa shape index (κ2) is 4.51. The second-order valence-electron chi connectivity index (χ2n) is 3.09. The normalized spacial score (nSPS) is 12.7. The molecule has 2 aromatic rings. The third-order valence-corrected chi connectivity index (χ3v) is 3.95. The molecular weight excluding hydrogens is 324 g/mol. The first-order chi connectivity index (χ1) is 7.18. The molecule has 0 radical (unpaired) electrons. The summed E-state index contributed by atoms with van der Waals surface area (Å²) in [5, 5.41) is 9.97. The van der Waals surface area contributed by atoms with E-state index in [1.807, 2.05) is 18.2 Å². The van der Waals surface area contributed by atoms with Gasteiger partial charge in [-0.15, -0.1) is 0 Å². The maximum absolute atomic E-state index is 9.97. The zero-order chi connectivity index (χ0) is 10.8. The standard InChI is InChI=1S/C11H8Br2O2/c12-8-4-3-7(6-9(8)13)11(14)10-2-1-5-15-10/h1-6,11,14H. The van der Waals surface area contributed by atoms with Gasteiger partial charge in [0.15, 0.2) is 0 Å². The molecule has 0 bridgehead atoms. The van der Waals surface area contributed by atoms with Crippen LogP contribution >= 0.6 is 31.9 Å². The average Bonchev–Trinajstić information content (AvgIpc) is 2.74. The Labute approximate surface area is 104 Å². The van der Waals surface area contributed by atoms with Crippen LogP contribution < -0.4 is 0 Å². The fraction of sp³-hybridized carbons (Fsp3) is 0.0909. The van der Waals surface area contributed by atoms with E-state index >= 15 is 0 Å². The van der Waals surface area contributed by atoms with Crippen LogP contribution in [0.15, 0.2) is 50.0 Å². The molecule has 0 aliphatic carbocycles. The van der Waals surface area contributed by atoms with Gasteiger partial charge in [0.25, 0.3) is 0 Å². The van der Waals surface area contributed by atoms with E-state index in [4.69, 9.17) is 4.42 Å². The fourth-order valence-electron chi connectivity index (χ4n) is 1.29. The van der Waals surface area contributed by atoms with Gasteiger partial charge in [-0.05, 0) is 61.7 Å². The molecule has 0 aliphatic rings. The Kier molecular flexibility index (Phi) is 3.29. The van der Waals surface area contributed by atoms with E-state index in [9.17, 15) is 5.11 Å². The summed E-state index contributed by atoms with van der Waals surface area (Å²) in [6.07, 6.45) is 0.830. The summed E-state index contributed by atoms with van der Waals surface area (Å²) in [6, 6.07) is 9.10. The third kappa shape index (κ3) is 2.33. The topological polar surface area (TPSA) is 33.4 Å². The van der Waals surface area contributed by atoms with E-state index in [-0.39, 0.29) is 0 Å². The average molecular weight is 332 g/mol. The van der Waals surface area contributed by atoms with Gasteiger partial charge in [-0.2, -0.15) is 0 Å². The second-order valence-corrected chi connectivity index (χ2v) is 4.80. The van der Waals surface area contributed by atoms with Crippen LogP contribution in [0.25, 0.3) is 0 Å². The summed E-state index contributed by atoms with van der Waals surface area (Å²) in [4.78, 5) is 0. The molecule has 0 amide bonds. The molecule has 0 aliphatic heterocycles. The maximum atomic E-state index is 9.97. The molecule has 0 saturated heterocycles. The minimum absolute atomic E-state index is 0.546. The van der Waals surface area contributed by atoms with Crippen LogP contribution in [0, 0.1) is 0 Å². The first kappa shape index (κ1) is 10.9. The first-order valence-electron chi connectivity index (χ1n) is 4.35. The van der Waals surface area contributed by atoms with Gasteiger partial charge in [-0.25, -0.2) is 0 Å². The lowest BCUT2D eigenvalue weighted by Crippen LogP contribution is -1.97. The molecule has 4 heteroatoms. The van der Waals surface area contributed by atoms with Crippen molar-refractivity contribution in [3.63, 3.8) is 0 Å². The van der Waals surface area contributed by atoms with Crippen LogP contribution in [0.4, 0.5) is 0 Å². The van der Waals surface area contributed by atoms with Crippen molar-refractivity contribution in [1.29, 1.82) is 0 Å². The molecule has 1 aromatic heterocycles. The number of hydrogen-bond donors (Lipinski definition) is 1. The Morgan fingerprint density at radius 2 is 1.93 bits per heavy atom. The summed E-state index contributed by atoms with van der Waals surface area (Å²) in [7, 11) is 0. The monoisotopic (exact) mass is 330 g/mol. The highest BCUT2D eigenvalue weighted by Gasteiger charge is 2.13. The number of rotatable bonds is 2. The summed E-state index contributed by atoms with van der Waals surface area (Å²) in [5.41, 5.74) is 0.792. The Balaban J connectivity index is 2.34. The minimum Gasteiger partial charge on any atom is -0.466 e. The smallest absolute Gasteiger partial charge is 0.137 e. The van der Waals surface area contributed by atoms with E-state index in [0.717, 1.165) is 14.5 Å². The lowest BCUT2D eigenvalue weighted by atomic mass is 10.1. The first-order valence-corrected chi connectivity index (χ1v) is 5.93. The summed E-state index contributed by atoms with van der Waals surface area (Å²) >= 11 is 6.76. The zero-order valence-corrected chi connectivity index (χ0v) is 10.8. The van der Waals surface area contributed by atoms with Crippen molar-refractivity contribution in [1.82, 2.24) is 0 Å². The van der Waals surface area contributed by atoms with Gasteiger partial charge in [-0.1, -0.05) is 6.07 Å². The molecule has 1 heterocycles. The van der Waals surface area contributed by atoms with Crippen molar-refractivity contribution in [2.45, 2.75) is 6.10 Å². The highest BCUT2D eigenvalue weighted by molar-refractivity contribution is 9.13. The van der Waals surface area contributed by atoms with Gasteiger partial charge in [-0.3, -0.25) is 0 Å². The summed E-state index contributed by atoms with van der Waals surface area (Å²) < 4.78 is 7.01. The Morgan fingerprint density at radius 3 is 2.53 bits per heavy atom. The van der Waals surface area contributed by atoms with Gasteiger partial charge in [0, 0.05) is 8.95 Å². The van der Waals surface area contributed by atoms with Crippen LogP contribution in [0.3, 0.4) is 0 Å². The molecular formula is C11H8Br2O2. The predicted octanol–water partition coefficient (Wildman–Crippen LogP) is 3.89.